The van der Waals surface area contributed by atoms with E-state index in [1.54, 1.807) is 23.5 Å². The average Bonchev–Trinajstić information content (AvgIpc) is 2.88. The fourth-order valence-electron chi connectivity index (χ4n) is 1.52. The number of thiophene rings is 1. The summed E-state index contributed by atoms with van der Waals surface area (Å²) in [6.45, 7) is 0.324. The first-order valence-electron chi connectivity index (χ1n) is 5.26. The highest BCUT2D eigenvalue weighted by molar-refractivity contribution is 7.07. The number of carboxylic acid groups (broad SMARTS) is 1. The van der Waals surface area contributed by atoms with Crippen LogP contribution in [-0.4, -0.2) is 18.2 Å². The summed E-state index contributed by atoms with van der Waals surface area (Å²) in [5, 5.41) is 13.0. The number of hydrogen-bond donors (Lipinski definition) is 1. The minimum Gasteiger partial charge on any atom is -0.493 e. The number of benzene rings is 1. The first kappa shape index (κ1) is 12.4. The molecule has 0 bridgehead atoms. The summed E-state index contributed by atoms with van der Waals surface area (Å²) in [6.07, 6.45) is 0. The van der Waals surface area contributed by atoms with Crippen molar-refractivity contribution in [1.29, 1.82) is 0 Å². The molecular weight excluding hydrogens is 252 g/mol. The van der Waals surface area contributed by atoms with E-state index in [2.05, 4.69) is 0 Å². The quantitative estimate of drug-likeness (QED) is 0.901. The third kappa shape index (κ3) is 2.62. The molecule has 1 N–H and O–H groups in total. The molecule has 0 fully saturated rings. The molecule has 0 amide bonds. The van der Waals surface area contributed by atoms with Crippen LogP contribution in [-0.2, 0) is 6.61 Å². The highest BCUT2D eigenvalue weighted by atomic mass is 32.1. The van der Waals surface area contributed by atoms with Gasteiger partial charge in [-0.05, 0) is 34.5 Å². The zero-order chi connectivity index (χ0) is 13.0. The van der Waals surface area contributed by atoms with Crippen LogP contribution in [0.1, 0.15) is 15.9 Å². The fraction of sp³-hybridized carbons (Fsp3) is 0.154. The van der Waals surface area contributed by atoms with Gasteiger partial charge >= 0.3 is 5.97 Å². The molecular formula is C13H12O4S. The SMILES string of the molecule is COc1cccc(C(=O)O)c1OCc1ccsc1. The zero-order valence-electron chi connectivity index (χ0n) is 9.75. The Kier molecular flexibility index (Phi) is 3.84. The minimum absolute atomic E-state index is 0.101. The summed E-state index contributed by atoms with van der Waals surface area (Å²) in [4.78, 5) is 11.1. The zero-order valence-corrected chi connectivity index (χ0v) is 10.6. The van der Waals surface area contributed by atoms with Crippen molar-refractivity contribution >= 4 is 17.3 Å². The van der Waals surface area contributed by atoms with E-state index in [0.29, 0.717) is 12.4 Å². The molecule has 1 aromatic heterocycles. The van der Waals surface area contributed by atoms with Crippen LogP contribution in [0.15, 0.2) is 35.0 Å². The molecule has 94 valence electrons. The molecule has 18 heavy (non-hydrogen) atoms. The van der Waals surface area contributed by atoms with Gasteiger partial charge in [0.1, 0.15) is 12.2 Å². The molecule has 2 rings (SSSR count). The maximum atomic E-state index is 11.1. The van der Waals surface area contributed by atoms with Crippen molar-refractivity contribution in [3.05, 3.63) is 46.2 Å². The van der Waals surface area contributed by atoms with Gasteiger partial charge in [-0.15, -0.1) is 0 Å². The van der Waals surface area contributed by atoms with Crippen molar-refractivity contribution in [2.75, 3.05) is 7.11 Å². The average molecular weight is 264 g/mol. The Hall–Kier alpha value is -2.01. The van der Waals surface area contributed by atoms with Crippen molar-refractivity contribution < 1.29 is 19.4 Å². The van der Waals surface area contributed by atoms with E-state index in [1.165, 1.54) is 13.2 Å². The molecule has 0 saturated heterocycles. The minimum atomic E-state index is -1.03. The predicted molar refractivity (Wildman–Crippen MR) is 68.6 cm³/mol. The fourth-order valence-corrected chi connectivity index (χ4v) is 2.18. The third-order valence-corrected chi connectivity index (χ3v) is 3.12. The lowest BCUT2D eigenvalue weighted by atomic mass is 10.2. The van der Waals surface area contributed by atoms with E-state index in [0.717, 1.165) is 5.56 Å². The Morgan fingerprint density at radius 1 is 1.39 bits per heavy atom. The molecule has 1 heterocycles. The summed E-state index contributed by atoms with van der Waals surface area (Å²) < 4.78 is 10.7. The second-order valence-corrected chi connectivity index (χ2v) is 4.34. The van der Waals surface area contributed by atoms with Crippen LogP contribution >= 0.6 is 11.3 Å². The number of rotatable bonds is 5. The van der Waals surface area contributed by atoms with Crippen molar-refractivity contribution in [2.45, 2.75) is 6.61 Å². The summed E-state index contributed by atoms with van der Waals surface area (Å²) in [7, 11) is 1.48. The number of aromatic carboxylic acids is 1. The first-order valence-corrected chi connectivity index (χ1v) is 6.21. The number of para-hydroxylation sites is 1. The maximum Gasteiger partial charge on any atom is 0.339 e. The lowest BCUT2D eigenvalue weighted by molar-refractivity contribution is 0.0691. The van der Waals surface area contributed by atoms with Gasteiger partial charge in [-0.3, -0.25) is 0 Å². The summed E-state index contributed by atoms with van der Waals surface area (Å²) in [5.41, 5.74) is 1.10. The number of carbonyl (C=O) groups is 1. The first-order chi connectivity index (χ1) is 8.72. The van der Waals surface area contributed by atoms with Crippen molar-refractivity contribution in [3.8, 4) is 11.5 Å². The van der Waals surface area contributed by atoms with Gasteiger partial charge < -0.3 is 14.6 Å². The van der Waals surface area contributed by atoms with Crippen LogP contribution in [0.5, 0.6) is 11.5 Å². The molecule has 5 heteroatoms. The van der Waals surface area contributed by atoms with Gasteiger partial charge in [0.05, 0.1) is 7.11 Å². The molecule has 4 nitrogen and oxygen atoms in total. The Labute approximate surface area is 108 Å². The van der Waals surface area contributed by atoms with Gasteiger partial charge in [0.15, 0.2) is 11.5 Å². The van der Waals surface area contributed by atoms with Crippen LogP contribution < -0.4 is 9.47 Å². The second-order valence-electron chi connectivity index (χ2n) is 3.56. The van der Waals surface area contributed by atoms with Crippen LogP contribution in [0, 0.1) is 0 Å². The highest BCUT2D eigenvalue weighted by Gasteiger charge is 2.16. The highest BCUT2D eigenvalue weighted by Crippen LogP contribution is 2.31. The molecule has 0 saturated carbocycles. The van der Waals surface area contributed by atoms with Crippen molar-refractivity contribution in [1.82, 2.24) is 0 Å². The van der Waals surface area contributed by atoms with E-state index < -0.39 is 5.97 Å². The maximum absolute atomic E-state index is 11.1. The van der Waals surface area contributed by atoms with E-state index in [9.17, 15) is 4.79 Å². The monoisotopic (exact) mass is 264 g/mol. The van der Waals surface area contributed by atoms with E-state index in [-0.39, 0.29) is 11.3 Å². The number of methoxy groups -OCH3 is 1. The molecule has 0 spiro atoms. The molecule has 1 aromatic carbocycles. The third-order valence-electron chi connectivity index (χ3n) is 2.39. The molecule has 0 aliphatic rings. The molecule has 0 radical (unpaired) electrons. The Bertz CT molecular complexity index is 534. The summed E-state index contributed by atoms with van der Waals surface area (Å²) in [5.74, 6) is -0.349. The van der Waals surface area contributed by atoms with Gasteiger partial charge in [-0.2, -0.15) is 11.3 Å². The van der Waals surface area contributed by atoms with Crippen LogP contribution in [0.4, 0.5) is 0 Å². The smallest absolute Gasteiger partial charge is 0.339 e. The molecule has 0 unspecified atom stereocenters. The molecule has 0 aliphatic carbocycles. The van der Waals surface area contributed by atoms with Crippen LogP contribution in [0.2, 0.25) is 0 Å². The van der Waals surface area contributed by atoms with Gasteiger partial charge in [0.25, 0.3) is 0 Å². The lowest BCUT2D eigenvalue weighted by Gasteiger charge is -2.12. The van der Waals surface area contributed by atoms with E-state index >= 15 is 0 Å². The standard InChI is InChI=1S/C13H12O4S/c1-16-11-4-2-3-10(13(14)15)12(11)17-7-9-5-6-18-8-9/h2-6,8H,7H2,1H3,(H,14,15). The Morgan fingerprint density at radius 2 is 2.22 bits per heavy atom. The van der Waals surface area contributed by atoms with Crippen molar-refractivity contribution in [2.24, 2.45) is 0 Å². The second kappa shape index (κ2) is 5.55. The predicted octanol–water partition coefficient (Wildman–Crippen LogP) is 3.03. The van der Waals surface area contributed by atoms with Gasteiger partial charge in [0, 0.05) is 0 Å². The van der Waals surface area contributed by atoms with Crippen molar-refractivity contribution in [3.63, 3.8) is 0 Å². The van der Waals surface area contributed by atoms with Crippen LogP contribution in [0.3, 0.4) is 0 Å². The number of carboxylic acids is 1. The summed E-state index contributed by atoms with van der Waals surface area (Å²) >= 11 is 1.57. The van der Waals surface area contributed by atoms with Crippen LogP contribution in [0.25, 0.3) is 0 Å². The number of ether oxygens (including phenoxy) is 2. The topological polar surface area (TPSA) is 55.8 Å². The Balaban J connectivity index is 2.26. The van der Waals surface area contributed by atoms with Gasteiger partial charge in [-0.25, -0.2) is 4.79 Å². The Morgan fingerprint density at radius 3 is 2.83 bits per heavy atom. The largest absolute Gasteiger partial charge is 0.493 e. The lowest BCUT2D eigenvalue weighted by Crippen LogP contribution is -2.04. The van der Waals surface area contributed by atoms with E-state index in [4.69, 9.17) is 14.6 Å². The van der Waals surface area contributed by atoms with E-state index in [1.807, 2.05) is 16.8 Å². The van der Waals surface area contributed by atoms with Gasteiger partial charge in [-0.1, -0.05) is 6.07 Å². The molecule has 2 aromatic rings. The summed E-state index contributed by atoms with van der Waals surface area (Å²) in [6, 6.07) is 6.73. The van der Waals surface area contributed by atoms with Gasteiger partial charge in [0.2, 0.25) is 0 Å². The molecule has 0 atom stereocenters. The normalized spacial score (nSPS) is 10.1. The molecule has 0 aliphatic heterocycles. The number of hydrogen-bond acceptors (Lipinski definition) is 4.